The number of benzene rings is 1. The topological polar surface area (TPSA) is 305 Å². The van der Waals surface area contributed by atoms with Crippen LogP contribution in [0.1, 0.15) is 50.5 Å². The van der Waals surface area contributed by atoms with Crippen LogP contribution in [0.15, 0.2) is 40.3 Å². The molecule has 0 radical (unpaired) electrons. The lowest BCUT2D eigenvalue weighted by Gasteiger charge is -2.25. The van der Waals surface area contributed by atoms with Gasteiger partial charge in [0.2, 0.25) is 17.7 Å². The Balaban J connectivity index is 3.11. The molecule has 1 rings (SSSR count). The van der Waals surface area contributed by atoms with Gasteiger partial charge in [-0.3, -0.25) is 24.4 Å². The van der Waals surface area contributed by atoms with Crippen molar-refractivity contribution < 1.29 is 24.3 Å². The average molecular weight is 606 g/mol. The van der Waals surface area contributed by atoms with Gasteiger partial charge in [0.15, 0.2) is 11.9 Å². The molecular weight excluding hydrogens is 558 g/mol. The van der Waals surface area contributed by atoms with Crippen molar-refractivity contribution in [3.05, 3.63) is 35.9 Å². The zero-order valence-corrected chi connectivity index (χ0v) is 24.4. The number of aliphatic carboxylic acids is 1. The first-order chi connectivity index (χ1) is 20.4. The number of guanidine groups is 2. The molecule has 0 spiro atoms. The summed E-state index contributed by atoms with van der Waals surface area (Å²) in [5, 5.41) is 17.5. The highest BCUT2D eigenvalue weighted by Crippen LogP contribution is 2.08. The number of aliphatic imine (C=N–C) groups is 2. The second kappa shape index (κ2) is 20.4. The van der Waals surface area contributed by atoms with Crippen molar-refractivity contribution >= 4 is 35.6 Å². The molecule has 0 heterocycles. The Morgan fingerprint density at radius 2 is 1.21 bits per heavy atom. The highest BCUT2D eigenvalue weighted by molar-refractivity contribution is 5.94. The fraction of sp³-hybridized carbons (Fsp3) is 0.556. The number of carbonyl (C=O) groups is 4. The summed E-state index contributed by atoms with van der Waals surface area (Å²) < 4.78 is 0. The maximum atomic E-state index is 13.5. The third-order valence-corrected chi connectivity index (χ3v) is 6.36. The van der Waals surface area contributed by atoms with Gasteiger partial charge < -0.3 is 55.5 Å². The standard InChI is InChI=1S/C27H47N11O5/c28-13-5-4-10-18(29)22(39)38-21(16-17-8-2-1-3-9-17)24(41)36-19(11-6-14-34-26(30)31)23(40)37-20(25(42)43)12-7-15-35-27(32)33/h1-3,8-9,18-21H,4-7,10-16,28-29H2,(H,36,41)(H,37,40)(H,38,39)(H,42,43)(H4,30,31,34)(H4,32,33,35)/t18-,19-,20-,21-/m0/s1. The van der Waals surface area contributed by atoms with E-state index in [1.54, 1.807) is 24.3 Å². The summed E-state index contributed by atoms with van der Waals surface area (Å²) in [5.74, 6) is -3.42. The molecule has 0 fully saturated rings. The Kier molecular flexibility index (Phi) is 17.4. The molecule has 0 bridgehead atoms. The first-order valence-corrected chi connectivity index (χ1v) is 14.2. The molecule has 240 valence electrons. The molecule has 3 amide bonds. The van der Waals surface area contributed by atoms with Gasteiger partial charge in [-0.1, -0.05) is 36.8 Å². The molecule has 0 aliphatic heterocycles. The fourth-order valence-electron chi connectivity index (χ4n) is 4.06. The van der Waals surface area contributed by atoms with E-state index in [2.05, 4.69) is 25.9 Å². The summed E-state index contributed by atoms with van der Waals surface area (Å²) in [6.45, 7) is 0.819. The van der Waals surface area contributed by atoms with Gasteiger partial charge in [-0.25, -0.2) is 4.79 Å². The summed E-state index contributed by atoms with van der Waals surface area (Å²) >= 11 is 0. The summed E-state index contributed by atoms with van der Waals surface area (Å²) in [5.41, 5.74) is 33.7. The number of amides is 3. The minimum absolute atomic E-state index is 0.0429. The van der Waals surface area contributed by atoms with Gasteiger partial charge in [0.25, 0.3) is 0 Å². The molecule has 0 saturated carbocycles. The van der Waals surface area contributed by atoms with Crippen LogP contribution in [-0.2, 0) is 25.6 Å². The van der Waals surface area contributed by atoms with Crippen LogP contribution in [0.25, 0.3) is 0 Å². The normalized spacial score (nSPS) is 13.4. The molecule has 0 saturated heterocycles. The number of nitrogens with zero attached hydrogens (tertiary/aromatic N) is 2. The molecule has 4 atom stereocenters. The van der Waals surface area contributed by atoms with Crippen LogP contribution >= 0.6 is 0 Å². The first kappa shape index (κ1) is 36.6. The van der Waals surface area contributed by atoms with Gasteiger partial charge in [-0.05, 0) is 50.6 Å². The molecule has 0 aromatic heterocycles. The molecule has 1 aromatic carbocycles. The Labute approximate surface area is 251 Å². The Hall–Kier alpha value is -4.44. The number of unbranched alkanes of at least 4 members (excludes halogenated alkanes) is 1. The summed E-state index contributed by atoms with van der Waals surface area (Å²) in [7, 11) is 0. The van der Waals surface area contributed by atoms with Crippen molar-refractivity contribution in [3.8, 4) is 0 Å². The van der Waals surface area contributed by atoms with E-state index in [0.717, 1.165) is 5.56 Å². The van der Waals surface area contributed by atoms with Gasteiger partial charge in [-0.15, -0.1) is 0 Å². The molecule has 16 nitrogen and oxygen atoms in total. The predicted molar refractivity (Wildman–Crippen MR) is 164 cm³/mol. The molecule has 16 N–H and O–H groups in total. The molecule has 0 aliphatic rings. The highest BCUT2D eigenvalue weighted by atomic mass is 16.4. The molecular formula is C27H47N11O5. The maximum Gasteiger partial charge on any atom is 0.326 e. The average Bonchev–Trinajstić information content (AvgIpc) is 2.95. The lowest BCUT2D eigenvalue weighted by atomic mass is 10.0. The van der Waals surface area contributed by atoms with Gasteiger partial charge in [-0.2, -0.15) is 0 Å². The van der Waals surface area contributed by atoms with Crippen molar-refractivity contribution in [1.82, 2.24) is 16.0 Å². The number of carboxylic acid groups (broad SMARTS) is 1. The molecule has 0 aliphatic carbocycles. The summed E-state index contributed by atoms with van der Waals surface area (Å²) in [6, 6.07) is 4.66. The molecule has 16 heteroatoms. The van der Waals surface area contributed by atoms with Crippen LogP contribution in [0.3, 0.4) is 0 Å². The zero-order chi connectivity index (χ0) is 32.2. The van der Waals surface area contributed by atoms with E-state index in [9.17, 15) is 24.3 Å². The zero-order valence-electron chi connectivity index (χ0n) is 24.4. The van der Waals surface area contributed by atoms with E-state index >= 15 is 0 Å². The van der Waals surface area contributed by atoms with Crippen molar-refractivity contribution in [2.75, 3.05) is 19.6 Å². The second-order valence-electron chi connectivity index (χ2n) is 10.0. The summed E-state index contributed by atoms with van der Waals surface area (Å²) in [4.78, 5) is 59.2. The van der Waals surface area contributed by atoms with Gasteiger partial charge in [0.1, 0.15) is 18.1 Å². The van der Waals surface area contributed by atoms with Crippen molar-refractivity contribution in [3.63, 3.8) is 0 Å². The van der Waals surface area contributed by atoms with Crippen molar-refractivity contribution in [2.24, 2.45) is 44.4 Å². The van der Waals surface area contributed by atoms with Crippen LogP contribution in [0.2, 0.25) is 0 Å². The number of nitrogens with one attached hydrogen (secondary N) is 3. The SMILES string of the molecule is NCCCC[C@H](N)C(=O)N[C@@H](Cc1ccccc1)C(=O)N[C@@H](CCCN=C(N)N)C(=O)N[C@@H](CCCN=C(N)N)C(=O)O. The number of hydrogen-bond acceptors (Lipinski definition) is 8. The third-order valence-electron chi connectivity index (χ3n) is 6.36. The molecule has 1 aromatic rings. The van der Waals surface area contributed by atoms with Crippen molar-refractivity contribution in [2.45, 2.75) is 75.5 Å². The van der Waals surface area contributed by atoms with E-state index in [1.807, 2.05) is 6.07 Å². The lowest BCUT2D eigenvalue weighted by Crippen LogP contribution is -2.57. The quantitative estimate of drug-likeness (QED) is 0.0391. The van der Waals surface area contributed by atoms with Gasteiger partial charge >= 0.3 is 5.97 Å². The van der Waals surface area contributed by atoms with E-state index in [4.69, 9.17) is 34.4 Å². The second-order valence-corrected chi connectivity index (χ2v) is 10.0. The minimum Gasteiger partial charge on any atom is -0.480 e. The maximum absolute atomic E-state index is 13.5. The van der Waals surface area contributed by atoms with E-state index < -0.39 is 47.9 Å². The van der Waals surface area contributed by atoms with Crippen LogP contribution in [0.5, 0.6) is 0 Å². The third kappa shape index (κ3) is 16.0. The van der Waals surface area contributed by atoms with E-state index in [-0.39, 0.29) is 50.7 Å². The monoisotopic (exact) mass is 605 g/mol. The fourth-order valence-corrected chi connectivity index (χ4v) is 4.06. The number of carboxylic acids is 1. The highest BCUT2D eigenvalue weighted by Gasteiger charge is 2.30. The largest absolute Gasteiger partial charge is 0.480 e. The van der Waals surface area contributed by atoms with Crippen LogP contribution in [-0.4, -0.2) is 84.5 Å². The molecule has 43 heavy (non-hydrogen) atoms. The van der Waals surface area contributed by atoms with Crippen LogP contribution in [0, 0.1) is 0 Å². The van der Waals surface area contributed by atoms with Gasteiger partial charge in [0.05, 0.1) is 6.04 Å². The number of nitrogens with two attached hydrogens (primary N) is 6. The Morgan fingerprint density at radius 3 is 1.74 bits per heavy atom. The Bertz CT molecular complexity index is 1080. The van der Waals surface area contributed by atoms with Crippen LogP contribution in [0.4, 0.5) is 0 Å². The summed E-state index contributed by atoms with van der Waals surface area (Å²) in [6.07, 6.45) is 2.57. The number of rotatable bonds is 21. The lowest BCUT2D eigenvalue weighted by molar-refractivity contribution is -0.142. The molecule has 0 unspecified atom stereocenters. The van der Waals surface area contributed by atoms with Crippen molar-refractivity contribution in [1.29, 1.82) is 0 Å². The smallest absolute Gasteiger partial charge is 0.326 e. The first-order valence-electron chi connectivity index (χ1n) is 14.2. The van der Waals surface area contributed by atoms with E-state index in [1.165, 1.54) is 0 Å². The van der Waals surface area contributed by atoms with E-state index in [0.29, 0.717) is 32.2 Å². The van der Waals surface area contributed by atoms with Gasteiger partial charge in [0, 0.05) is 19.5 Å². The predicted octanol–water partition coefficient (Wildman–Crippen LogP) is -2.67. The number of carbonyl (C=O) groups excluding carboxylic acids is 3. The Morgan fingerprint density at radius 1 is 0.698 bits per heavy atom. The minimum atomic E-state index is -1.26. The number of hydrogen-bond donors (Lipinski definition) is 10. The van der Waals surface area contributed by atoms with Crippen LogP contribution < -0.4 is 50.4 Å².